The highest BCUT2D eigenvalue weighted by molar-refractivity contribution is 9.10. The summed E-state index contributed by atoms with van der Waals surface area (Å²) >= 11 is 5.13. The van der Waals surface area contributed by atoms with E-state index in [1.807, 2.05) is 6.07 Å². The lowest BCUT2D eigenvalue weighted by atomic mass is 9.91. The van der Waals surface area contributed by atoms with Gasteiger partial charge in [-0.15, -0.1) is 10.2 Å². The summed E-state index contributed by atoms with van der Waals surface area (Å²) in [6.07, 6.45) is 5.52. The van der Waals surface area contributed by atoms with Gasteiger partial charge in [-0.1, -0.05) is 41.0 Å². The predicted molar refractivity (Wildman–Crippen MR) is 99.4 cm³/mol. The van der Waals surface area contributed by atoms with Gasteiger partial charge in [0.25, 0.3) is 0 Å². The second-order valence-corrected chi connectivity index (χ2v) is 8.30. The molecule has 0 bridgehead atoms. The molecule has 126 valence electrons. The highest BCUT2D eigenvalue weighted by Crippen LogP contribution is 2.44. The first-order valence-corrected chi connectivity index (χ1v) is 10.1. The van der Waals surface area contributed by atoms with Crippen LogP contribution in [0.3, 0.4) is 0 Å². The molecular formula is C17H19BrN4OS. The average Bonchev–Trinajstić information content (AvgIpc) is 2.70. The van der Waals surface area contributed by atoms with Crippen LogP contribution in [0.5, 0.6) is 5.88 Å². The average molecular weight is 407 g/mol. The Hall–Kier alpha value is -1.34. The van der Waals surface area contributed by atoms with E-state index in [0.29, 0.717) is 16.7 Å². The van der Waals surface area contributed by atoms with Crippen molar-refractivity contribution in [1.29, 1.82) is 0 Å². The molecule has 0 atom stereocenters. The van der Waals surface area contributed by atoms with Gasteiger partial charge in [-0.05, 0) is 36.8 Å². The second kappa shape index (κ2) is 6.52. The third-order valence-corrected chi connectivity index (χ3v) is 5.67. The van der Waals surface area contributed by atoms with E-state index < -0.39 is 5.72 Å². The number of hydrogen-bond donors (Lipinski definition) is 1. The van der Waals surface area contributed by atoms with Crippen LogP contribution in [0.15, 0.2) is 27.8 Å². The highest BCUT2D eigenvalue weighted by atomic mass is 79.9. The van der Waals surface area contributed by atoms with Crippen LogP contribution in [0.25, 0.3) is 11.3 Å². The van der Waals surface area contributed by atoms with Gasteiger partial charge in [0.15, 0.2) is 11.4 Å². The Labute approximate surface area is 154 Å². The van der Waals surface area contributed by atoms with Gasteiger partial charge < -0.3 is 10.1 Å². The number of anilines is 1. The van der Waals surface area contributed by atoms with E-state index in [1.54, 1.807) is 11.8 Å². The highest BCUT2D eigenvalue weighted by Gasteiger charge is 2.39. The molecule has 7 heteroatoms. The first-order chi connectivity index (χ1) is 11.7. The molecule has 1 aromatic carbocycles. The summed E-state index contributed by atoms with van der Waals surface area (Å²) in [5, 5.41) is 13.0. The zero-order chi connectivity index (χ0) is 16.6. The van der Waals surface area contributed by atoms with Gasteiger partial charge in [0.1, 0.15) is 0 Å². The summed E-state index contributed by atoms with van der Waals surface area (Å²) in [5.41, 5.74) is 2.33. The number of nitrogens with zero attached hydrogens (tertiary/aromatic N) is 3. The van der Waals surface area contributed by atoms with Gasteiger partial charge in [-0.2, -0.15) is 4.98 Å². The fourth-order valence-electron chi connectivity index (χ4n) is 3.36. The molecule has 1 saturated carbocycles. The molecule has 0 amide bonds. The van der Waals surface area contributed by atoms with Gasteiger partial charge in [0.05, 0.1) is 0 Å². The van der Waals surface area contributed by atoms with Crippen molar-refractivity contribution < 1.29 is 4.74 Å². The largest absolute Gasteiger partial charge is 0.449 e. The lowest BCUT2D eigenvalue weighted by molar-refractivity contribution is 0.0536. The molecule has 1 aliphatic carbocycles. The molecule has 2 heterocycles. The van der Waals surface area contributed by atoms with Crippen LogP contribution in [0.1, 0.15) is 39.0 Å². The van der Waals surface area contributed by atoms with Crippen molar-refractivity contribution in [3.8, 4) is 17.1 Å². The van der Waals surface area contributed by atoms with Crippen LogP contribution < -0.4 is 10.1 Å². The van der Waals surface area contributed by atoms with Crippen molar-refractivity contribution in [2.45, 2.75) is 49.9 Å². The number of thioether (sulfide) groups is 1. The molecule has 4 rings (SSSR count). The van der Waals surface area contributed by atoms with Crippen LogP contribution in [0.2, 0.25) is 0 Å². The summed E-state index contributed by atoms with van der Waals surface area (Å²) in [5.74, 6) is 1.50. The number of aromatic nitrogens is 3. The fraction of sp³-hybridized carbons (Fsp3) is 0.471. The van der Waals surface area contributed by atoms with Gasteiger partial charge >= 0.3 is 0 Å². The van der Waals surface area contributed by atoms with Crippen LogP contribution in [0, 0.1) is 0 Å². The van der Waals surface area contributed by atoms with E-state index in [2.05, 4.69) is 55.5 Å². The number of halogens is 1. The zero-order valence-electron chi connectivity index (χ0n) is 13.5. The molecular weight excluding hydrogens is 388 g/mol. The molecule has 1 N–H and O–H groups in total. The molecule has 1 fully saturated rings. The molecule has 2 aliphatic rings. The van der Waals surface area contributed by atoms with Gasteiger partial charge in [-0.3, -0.25) is 0 Å². The lowest BCUT2D eigenvalue weighted by Gasteiger charge is -2.37. The molecule has 2 aromatic rings. The Morgan fingerprint density at radius 1 is 1.25 bits per heavy atom. The Balaban J connectivity index is 1.86. The van der Waals surface area contributed by atoms with Crippen molar-refractivity contribution >= 4 is 33.4 Å². The number of hydrogen-bond acceptors (Lipinski definition) is 6. The smallest absolute Gasteiger partial charge is 0.247 e. The Morgan fingerprint density at radius 2 is 2.08 bits per heavy atom. The predicted octanol–water partition coefficient (Wildman–Crippen LogP) is 4.88. The number of fused-ring (bicyclic) bond motifs is 3. The van der Waals surface area contributed by atoms with Crippen molar-refractivity contribution in [3.05, 3.63) is 22.7 Å². The summed E-state index contributed by atoms with van der Waals surface area (Å²) in [6.45, 7) is 2.08. The fourth-order valence-corrected chi connectivity index (χ4v) is 4.22. The maximum atomic E-state index is 6.44. The monoisotopic (exact) mass is 406 g/mol. The van der Waals surface area contributed by atoms with Crippen LogP contribution in [-0.2, 0) is 0 Å². The second-order valence-electron chi connectivity index (χ2n) is 6.15. The quantitative estimate of drug-likeness (QED) is 0.717. The molecule has 1 spiro atoms. The molecule has 0 unspecified atom stereocenters. The minimum absolute atomic E-state index is 0.393. The van der Waals surface area contributed by atoms with Crippen molar-refractivity contribution in [1.82, 2.24) is 15.2 Å². The van der Waals surface area contributed by atoms with Crippen molar-refractivity contribution in [2.24, 2.45) is 0 Å². The molecule has 1 aromatic heterocycles. The standard InChI is InChI=1S/C17H19BrN4OS/c1-2-24-16-19-15-14(21-22-16)12-10-11(18)6-7-13(12)20-17(23-15)8-4-3-5-9-17/h6-7,10,20H,2-5,8-9H2,1H3. The Morgan fingerprint density at radius 3 is 2.88 bits per heavy atom. The minimum Gasteiger partial charge on any atom is -0.449 e. The number of ether oxygens (including phenoxy) is 1. The van der Waals surface area contributed by atoms with E-state index in [9.17, 15) is 0 Å². The summed E-state index contributed by atoms with van der Waals surface area (Å²) in [7, 11) is 0. The summed E-state index contributed by atoms with van der Waals surface area (Å²) in [4.78, 5) is 4.65. The molecule has 0 radical (unpaired) electrons. The molecule has 5 nitrogen and oxygen atoms in total. The van der Waals surface area contributed by atoms with E-state index >= 15 is 0 Å². The van der Waals surface area contributed by atoms with Crippen molar-refractivity contribution in [2.75, 3.05) is 11.1 Å². The molecule has 24 heavy (non-hydrogen) atoms. The maximum absolute atomic E-state index is 6.44. The zero-order valence-corrected chi connectivity index (χ0v) is 15.9. The van der Waals surface area contributed by atoms with Crippen LogP contribution in [0.4, 0.5) is 5.69 Å². The summed E-state index contributed by atoms with van der Waals surface area (Å²) < 4.78 is 7.44. The Kier molecular flexibility index (Phi) is 4.39. The van der Waals surface area contributed by atoms with E-state index in [-0.39, 0.29) is 0 Å². The third kappa shape index (κ3) is 2.99. The first-order valence-electron chi connectivity index (χ1n) is 8.34. The topological polar surface area (TPSA) is 59.9 Å². The number of rotatable bonds is 2. The van der Waals surface area contributed by atoms with Gasteiger partial charge in [0, 0.05) is 28.6 Å². The first kappa shape index (κ1) is 16.1. The summed E-state index contributed by atoms with van der Waals surface area (Å²) in [6, 6.07) is 6.16. The lowest BCUT2D eigenvalue weighted by Crippen LogP contribution is -2.45. The van der Waals surface area contributed by atoms with Crippen LogP contribution >= 0.6 is 27.7 Å². The van der Waals surface area contributed by atoms with E-state index in [0.717, 1.165) is 47.2 Å². The van der Waals surface area contributed by atoms with Crippen LogP contribution in [-0.4, -0.2) is 26.7 Å². The van der Waals surface area contributed by atoms with Crippen molar-refractivity contribution in [3.63, 3.8) is 0 Å². The van der Waals surface area contributed by atoms with E-state index in [4.69, 9.17) is 4.74 Å². The SMILES string of the molecule is CCSc1nnc2c(n1)OC1(CCCCC1)Nc1ccc(Br)cc1-2. The molecule has 1 aliphatic heterocycles. The normalized spacial score (nSPS) is 18.1. The van der Waals surface area contributed by atoms with E-state index in [1.165, 1.54) is 6.42 Å². The van der Waals surface area contributed by atoms with Gasteiger partial charge in [-0.25, -0.2) is 0 Å². The number of benzene rings is 1. The van der Waals surface area contributed by atoms with Gasteiger partial charge in [0.2, 0.25) is 11.0 Å². The molecule has 0 saturated heterocycles. The number of nitrogens with one attached hydrogen (secondary N) is 1. The third-order valence-electron chi connectivity index (χ3n) is 4.46. The maximum Gasteiger partial charge on any atom is 0.247 e. The Bertz CT molecular complexity index is 764. The minimum atomic E-state index is -0.393.